The summed E-state index contributed by atoms with van der Waals surface area (Å²) in [5.74, 6) is 0.436. The topological polar surface area (TPSA) is 58.6 Å². The summed E-state index contributed by atoms with van der Waals surface area (Å²) < 4.78 is 5.42. The van der Waals surface area contributed by atoms with Crippen molar-refractivity contribution in [2.45, 2.75) is 13.5 Å². The molecular formula is C16H17NO3. The van der Waals surface area contributed by atoms with Crippen molar-refractivity contribution in [3.05, 3.63) is 59.7 Å². The molecule has 20 heavy (non-hydrogen) atoms. The number of hydrogen-bond acceptors (Lipinski definition) is 3. The van der Waals surface area contributed by atoms with E-state index in [1.54, 1.807) is 24.3 Å². The lowest BCUT2D eigenvalue weighted by atomic mass is 10.2. The fourth-order valence-corrected chi connectivity index (χ4v) is 1.80. The lowest BCUT2D eigenvalue weighted by Crippen LogP contribution is -2.20. The van der Waals surface area contributed by atoms with Crippen LogP contribution in [0.5, 0.6) is 5.75 Å². The number of carbonyl (C=O) groups is 1. The van der Waals surface area contributed by atoms with Crippen LogP contribution < -0.4 is 10.1 Å². The van der Waals surface area contributed by atoms with Crippen molar-refractivity contribution in [2.75, 3.05) is 11.9 Å². The summed E-state index contributed by atoms with van der Waals surface area (Å²) in [4.78, 5) is 11.8. The lowest BCUT2D eigenvalue weighted by molar-refractivity contribution is -0.118. The molecule has 4 heteroatoms. The highest BCUT2D eigenvalue weighted by Crippen LogP contribution is 2.13. The molecule has 2 N–H and O–H groups in total. The number of aryl methyl sites for hydroxylation is 1. The van der Waals surface area contributed by atoms with Crippen LogP contribution in [0.1, 0.15) is 11.1 Å². The van der Waals surface area contributed by atoms with Crippen LogP contribution in [0.4, 0.5) is 5.69 Å². The first-order valence-electron chi connectivity index (χ1n) is 6.36. The molecule has 0 aromatic heterocycles. The molecule has 4 nitrogen and oxygen atoms in total. The van der Waals surface area contributed by atoms with E-state index in [2.05, 4.69) is 5.32 Å². The monoisotopic (exact) mass is 271 g/mol. The van der Waals surface area contributed by atoms with Crippen molar-refractivity contribution < 1.29 is 14.6 Å². The minimum Gasteiger partial charge on any atom is -0.484 e. The van der Waals surface area contributed by atoms with E-state index < -0.39 is 0 Å². The number of benzene rings is 2. The van der Waals surface area contributed by atoms with Gasteiger partial charge in [-0.3, -0.25) is 4.79 Å². The molecule has 0 atom stereocenters. The standard InChI is InChI=1S/C16H17NO3/c1-12-4-2-7-15(8-12)20-11-16(19)17-14-6-3-5-13(9-14)10-18/h2-9,18H,10-11H2,1H3,(H,17,19). The van der Waals surface area contributed by atoms with Crippen molar-refractivity contribution in [3.8, 4) is 5.75 Å². The molecular weight excluding hydrogens is 254 g/mol. The van der Waals surface area contributed by atoms with Gasteiger partial charge in [-0.25, -0.2) is 0 Å². The Morgan fingerprint density at radius 2 is 2.00 bits per heavy atom. The van der Waals surface area contributed by atoms with Gasteiger partial charge >= 0.3 is 0 Å². The van der Waals surface area contributed by atoms with E-state index in [1.165, 1.54) is 0 Å². The number of carbonyl (C=O) groups excluding carboxylic acids is 1. The van der Waals surface area contributed by atoms with Gasteiger partial charge in [-0.2, -0.15) is 0 Å². The SMILES string of the molecule is Cc1cccc(OCC(=O)Nc2cccc(CO)c2)c1. The fourth-order valence-electron chi connectivity index (χ4n) is 1.80. The summed E-state index contributed by atoms with van der Waals surface area (Å²) in [6.45, 7) is 1.86. The molecule has 0 radical (unpaired) electrons. The Kier molecular flexibility index (Phi) is 4.74. The number of rotatable bonds is 5. The molecule has 0 heterocycles. The molecule has 1 amide bonds. The van der Waals surface area contributed by atoms with Crippen LogP contribution in [0.3, 0.4) is 0 Å². The Labute approximate surface area is 118 Å². The third-order valence-corrected chi connectivity index (χ3v) is 2.75. The molecule has 2 aromatic carbocycles. The summed E-state index contributed by atoms with van der Waals surface area (Å²) in [5.41, 5.74) is 2.48. The van der Waals surface area contributed by atoms with Crippen LogP contribution in [0, 0.1) is 6.92 Å². The average Bonchev–Trinajstić information content (AvgIpc) is 2.45. The Bertz CT molecular complexity index is 596. The second-order valence-electron chi connectivity index (χ2n) is 4.51. The molecule has 0 saturated carbocycles. The van der Waals surface area contributed by atoms with Crippen LogP contribution in [-0.4, -0.2) is 17.6 Å². The van der Waals surface area contributed by atoms with E-state index in [-0.39, 0.29) is 19.1 Å². The van der Waals surface area contributed by atoms with Gasteiger partial charge in [0.15, 0.2) is 6.61 Å². The number of amides is 1. The number of ether oxygens (including phenoxy) is 1. The van der Waals surface area contributed by atoms with E-state index in [0.717, 1.165) is 11.1 Å². The first-order chi connectivity index (χ1) is 9.67. The van der Waals surface area contributed by atoms with Gasteiger partial charge in [-0.05, 0) is 42.3 Å². The van der Waals surface area contributed by atoms with E-state index in [9.17, 15) is 4.79 Å². The molecule has 0 spiro atoms. The predicted molar refractivity (Wildman–Crippen MR) is 77.7 cm³/mol. The van der Waals surface area contributed by atoms with Crippen LogP contribution in [0.25, 0.3) is 0 Å². The van der Waals surface area contributed by atoms with Gasteiger partial charge in [0.1, 0.15) is 5.75 Å². The maximum absolute atomic E-state index is 11.8. The smallest absolute Gasteiger partial charge is 0.262 e. The van der Waals surface area contributed by atoms with Crippen LogP contribution in [-0.2, 0) is 11.4 Å². The van der Waals surface area contributed by atoms with Gasteiger partial charge in [-0.15, -0.1) is 0 Å². The highest BCUT2D eigenvalue weighted by atomic mass is 16.5. The lowest BCUT2D eigenvalue weighted by Gasteiger charge is -2.08. The molecule has 0 aliphatic heterocycles. The zero-order chi connectivity index (χ0) is 14.4. The van der Waals surface area contributed by atoms with Gasteiger partial charge in [0.2, 0.25) is 0 Å². The molecule has 0 bridgehead atoms. The van der Waals surface area contributed by atoms with Crippen molar-refractivity contribution >= 4 is 11.6 Å². The molecule has 104 valence electrons. The van der Waals surface area contributed by atoms with Crippen LogP contribution in [0.15, 0.2) is 48.5 Å². The third-order valence-electron chi connectivity index (χ3n) is 2.75. The predicted octanol–water partition coefficient (Wildman–Crippen LogP) is 2.50. The van der Waals surface area contributed by atoms with Crippen LogP contribution in [0.2, 0.25) is 0 Å². The number of aliphatic hydroxyl groups is 1. The molecule has 0 saturated heterocycles. The Balaban J connectivity index is 1.89. The highest BCUT2D eigenvalue weighted by molar-refractivity contribution is 5.91. The summed E-state index contributed by atoms with van der Waals surface area (Å²) >= 11 is 0. The Morgan fingerprint density at radius 1 is 1.20 bits per heavy atom. The summed E-state index contributed by atoms with van der Waals surface area (Å²) in [6, 6.07) is 14.6. The molecule has 0 fully saturated rings. The quantitative estimate of drug-likeness (QED) is 0.878. The molecule has 2 aromatic rings. The fraction of sp³-hybridized carbons (Fsp3) is 0.188. The number of aliphatic hydroxyl groups excluding tert-OH is 1. The van der Waals surface area contributed by atoms with Crippen molar-refractivity contribution in [3.63, 3.8) is 0 Å². The molecule has 0 aliphatic carbocycles. The number of nitrogens with one attached hydrogen (secondary N) is 1. The average molecular weight is 271 g/mol. The Hall–Kier alpha value is -2.33. The molecule has 2 rings (SSSR count). The van der Waals surface area contributed by atoms with E-state index in [0.29, 0.717) is 11.4 Å². The van der Waals surface area contributed by atoms with E-state index in [4.69, 9.17) is 9.84 Å². The van der Waals surface area contributed by atoms with Crippen molar-refractivity contribution in [1.82, 2.24) is 0 Å². The second-order valence-corrected chi connectivity index (χ2v) is 4.51. The van der Waals surface area contributed by atoms with Crippen molar-refractivity contribution in [2.24, 2.45) is 0 Å². The summed E-state index contributed by atoms with van der Waals surface area (Å²) in [7, 11) is 0. The largest absolute Gasteiger partial charge is 0.484 e. The second kappa shape index (κ2) is 6.73. The van der Waals surface area contributed by atoms with E-state index in [1.807, 2.05) is 31.2 Å². The normalized spacial score (nSPS) is 10.1. The summed E-state index contributed by atoms with van der Waals surface area (Å²) in [6.07, 6.45) is 0. The third kappa shape index (κ3) is 4.10. The van der Waals surface area contributed by atoms with E-state index >= 15 is 0 Å². The Morgan fingerprint density at radius 3 is 2.75 bits per heavy atom. The highest BCUT2D eigenvalue weighted by Gasteiger charge is 2.04. The molecule has 0 unspecified atom stereocenters. The zero-order valence-corrected chi connectivity index (χ0v) is 11.3. The van der Waals surface area contributed by atoms with Crippen molar-refractivity contribution in [1.29, 1.82) is 0 Å². The maximum atomic E-state index is 11.8. The number of anilines is 1. The first-order valence-corrected chi connectivity index (χ1v) is 6.36. The van der Waals surface area contributed by atoms with Gasteiger partial charge in [0.05, 0.1) is 6.61 Å². The van der Waals surface area contributed by atoms with Gasteiger partial charge in [-0.1, -0.05) is 24.3 Å². The number of hydrogen-bond donors (Lipinski definition) is 2. The summed E-state index contributed by atoms with van der Waals surface area (Å²) in [5, 5.41) is 11.8. The minimum absolute atomic E-state index is 0.0488. The zero-order valence-electron chi connectivity index (χ0n) is 11.3. The van der Waals surface area contributed by atoms with Gasteiger partial charge < -0.3 is 15.2 Å². The first kappa shape index (κ1) is 14.1. The van der Waals surface area contributed by atoms with Gasteiger partial charge in [0, 0.05) is 5.69 Å². The van der Waals surface area contributed by atoms with Crippen LogP contribution >= 0.6 is 0 Å². The minimum atomic E-state index is -0.235. The van der Waals surface area contributed by atoms with Gasteiger partial charge in [0.25, 0.3) is 5.91 Å². The molecule has 0 aliphatic rings. The maximum Gasteiger partial charge on any atom is 0.262 e.